The van der Waals surface area contributed by atoms with Gasteiger partial charge in [0.1, 0.15) is 0 Å². The van der Waals surface area contributed by atoms with Gasteiger partial charge >= 0.3 is 82.2 Å². The molecule has 0 fully saturated rings. The average molecular weight is 264 g/mol. The SMILES string of the molecule is CCCCC(C(=O)O)(C(=O)O)C(C)(C)C.[H-].[H-].[K+].[Li+]. The van der Waals surface area contributed by atoms with Crippen molar-refractivity contribution in [2.45, 2.75) is 47.0 Å². The normalized spacial score (nSPS) is 11.1. The van der Waals surface area contributed by atoms with Crippen LogP contribution in [0.2, 0.25) is 0 Å². The molecule has 0 amide bonds. The average Bonchev–Trinajstić information content (AvgIpc) is 2.01. The Morgan fingerprint density at radius 1 is 1.12 bits per heavy atom. The topological polar surface area (TPSA) is 74.6 Å². The first-order valence-corrected chi connectivity index (χ1v) is 5.17. The molecule has 0 heterocycles. The fourth-order valence-electron chi connectivity index (χ4n) is 1.76. The summed E-state index contributed by atoms with van der Waals surface area (Å²) in [6, 6.07) is 0. The molecule has 0 unspecified atom stereocenters. The monoisotopic (exact) mass is 264 g/mol. The van der Waals surface area contributed by atoms with E-state index in [0.29, 0.717) is 6.42 Å². The molecule has 0 aliphatic rings. The molecule has 2 N–H and O–H groups in total. The Kier molecular flexibility index (Phi) is 12.5. The van der Waals surface area contributed by atoms with E-state index in [-0.39, 0.29) is 79.5 Å². The van der Waals surface area contributed by atoms with Gasteiger partial charge in [-0.2, -0.15) is 0 Å². The molecule has 0 saturated heterocycles. The molecule has 0 bridgehead atoms. The van der Waals surface area contributed by atoms with Gasteiger partial charge in [-0.25, -0.2) is 0 Å². The van der Waals surface area contributed by atoms with E-state index in [1.54, 1.807) is 20.8 Å². The second kappa shape index (κ2) is 9.14. The fraction of sp³-hybridized carbons (Fsp3) is 0.818. The van der Waals surface area contributed by atoms with Crippen LogP contribution in [0, 0.1) is 10.8 Å². The quantitative estimate of drug-likeness (QED) is 0.401. The van der Waals surface area contributed by atoms with Crippen molar-refractivity contribution >= 4 is 11.9 Å². The number of carboxylic acids is 2. The number of carboxylic acid groups (broad SMARTS) is 2. The second-order valence-corrected chi connectivity index (χ2v) is 4.87. The summed E-state index contributed by atoms with van der Waals surface area (Å²) in [5, 5.41) is 18.4. The number of rotatable bonds is 5. The minimum Gasteiger partial charge on any atom is -1.00 e. The summed E-state index contributed by atoms with van der Waals surface area (Å²) in [6.07, 6.45) is 1.58. The van der Waals surface area contributed by atoms with Gasteiger partial charge in [-0.3, -0.25) is 9.59 Å². The maximum atomic E-state index is 11.2. The molecule has 0 aromatic carbocycles. The van der Waals surface area contributed by atoms with Crippen molar-refractivity contribution in [1.29, 1.82) is 0 Å². The number of carbonyl (C=O) groups is 2. The van der Waals surface area contributed by atoms with Crippen LogP contribution >= 0.6 is 0 Å². The summed E-state index contributed by atoms with van der Waals surface area (Å²) < 4.78 is 0. The van der Waals surface area contributed by atoms with Crippen molar-refractivity contribution in [2.24, 2.45) is 10.8 Å². The van der Waals surface area contributed by atoms with Crippen LogP contribution in [0.1, 0.15) is 49.8 Å². The number of unbranched alkanes of at least 4 members (excludes halogenated alkanes) is 1. The molecule has 0 aliphatic carbocycles. The zero-order valence-corrected chi connectivity index (χ0v) is 15.0. The summed E-state index contributed by atoms with van der Waals surface area (Å²) in [4.78, 5) is 22.5. The molecule has 0 saturated carbocycles. The van der Waals surface area contributed by atoms with E-state index in [2.05, 4.69) is 0 Å². The zero-order chi connectivity index (χ0) is 12.3. The molecule has 0 aromatic rings. The third-order valence-corrected chi connectivity index (χ3v) is 2.92. The molecule has 0 atom stereocenters. The summed E-state index contributed by atoms with van der Waals surface area (Å²) >= 11 is 0. The van der Waals surface area contributed by atoms with Crippen molar-refractivity contribution in [3.8, 4) is 0 Å². The van der Waals surface area contributed by atoms with Gasteiger partial charge < -0.3 is 13.1 Å². The van der Waals surface area contributed by atoms with E-state index >= 15 is 0 Å². The Bertz CT molecular complexity index is 256. The summed E-state index contributed by atoms with van der Waals surface area (Å²) in [6.45, 7) is 6.89. The first-order valence-electron chi connectivity index (χ1n) is 5.17. The molecule has 0 rings (SSSR count). The van der Waals surface area contributed by atoms with Gasteiger partial charge in [0.2, 0.25) is 0 Å². The van der Waals surface area contributed by atoms with Gasteiger partial charge in [-0.05, 0) is 11.8 Å². The van der Waals surface area contributed by atoms with Crippen LogP contribution in [0.3, 0.4) is 0 Å². The van der Waals surface area contributed by atoms with Crippen molar-refractivity contribution < 1.29 is 92.9 Å². The Morgan fingerprint density at radius 2 is 1.47 bits per heavy atom. The number of hydrogen-bond acceptors (Lipinski definition) is 2. The van der Waals surface area contributed by atoms with Crippen LogP contribution in [-0.2, 0) is 9.59 Å². The third kappa shape index (κ3) is 5.35. The van der Waals surface area contributed by atoms with Crippen LogP contribution in [0.5, 0.6) is 0 Å². The molecule has 0 aromatic heterocycles. The minimum absolute atomic E-state index is 0. The van der Waals surface area contributed by atoms with Crippen LogP contribution in [0.4, 0.5) is 0 Å². The largest absolute Gasteiger partial charge is 1.00 e. The van der Waals surface area contributed by atoms with E-state index in [4.69, 9.17) is 0 Å². The molecule has 6 heteroatoms. The first kappa shape index (κ1) is 23.3. The maximum Gasteiger partial charge on any atom is 1.00 e. The van der Waals surface area contributed by atoms with E-state index in [1.165, 1.54) is 0 Å². The summed E-state index contributed by atoms with van der Waals surface area (Å²) in [5.41, 5.74) is -2.47. The van der Waals surface area contributed by atoms with E-state index < -0.39 is 22.8 Å². The third-order valence-electron chi connectivity index (χ3n) is 2.92. The molecule has 0 aliphatic heterocycles. The Balaban J connectivity index is -0.000000163. The zero-order valence-electron chi connectivity index (χ0n) is 13.8. The molecular weight excluding hydrogens is 242 g/mol. The minimum atomic E-state index is -1.68. The second-order valence-electron chi connectivity index (χ2n) is 4.87. The van der Waals surface area contributed by atoms with Crippen molar-refractivity contribution in [1.82, 2.24) is 0 Å². The Labute approximate surface area is 160 Å². The van der Waals surface area contributed by atoms with Gasteiger partial charge in [-0.15, -0.1) is 0 Å². The molecule has 4 nitrogen and oxygen atoms in total. The van der Waals surface area contributed by atoms with Gasteiger partial charge in [0.15, 0.2) is 5.41 Å². The van der Waals surface area contributed by atoms with Gasteiger partial charge in [-0.1, -0.05) is 40.5 Å². The Hall–Kier alpha value is 1.17. The van der Waals surface area contributed by atoms with Crippen molar-refractivity contribution in [3.05, 3.63) is 0 Å². The predicted octanol–water partition coefficient (Wildman–Crippen LogP) is -3.39. The van der Waals surface area contributed by atoms with Gasteiger partial charge in [0, 0.05) is 0 Å². The van der Waals surface area contributed by atoms with Crippen molar-refractivity contribution in [2.75, 3.05) is 0 Å². The van der Waals surface area contributed by atoms with E-state index in [9.17, 15) is 19.8 Å². The van der Waals surface area contributed by atoms with E-state index in [1.807, 2.05) is 6.92 Å². The van der Waals surface area contributed by atoms with E-state index in [0.717, 1.165) is 6.42 Å². The molecule has 17 heavy (non-hydrogen) atoms. The van der Waals surface area contributed by atoms with Crippen LogP contribution < -0.4 is 70.2 Å². The first-order chi connectivity index (χ1) is 6.70. The summed E-state index contributed by atoms with van der Waals surface area (Å²) in [5.74, 6) is -2.48. The molecular formula is C11H22KLiO4. The smallest absolute Gasteiger partial charge is 1.00 e. The number of hydrogen-bond donors (Lipinski definition) is 2. The predicted molar refractivity (Wildman–Crippen MR) is 58.9 cm³/mol. The van der Waals surface area contributed by atoms with Crippen LogP contribution in [0.15, 0.2) is 0 Å². The van der Waals surface area contributed by atoms with Crippen LogP contribution in [-0.4, -0.2) is 22.2 Å². The maximum absolute atomic E-state index is 11.2. The van der Waals surface area contributed by atoms with Gasteiger partial charge in [0.05, 0.1) is 0 Å². The molecule has 0 radical (unpaired) electrons. The van der Waals surface area contributed by atoms with Gasteiger partial charge in [0.25, 0.3) is 0 Å². The Morgan fingerprint density at radius 3 is 1.65 bits per heavy atom. The molecule has 0 spiro atoms. The standard InChI is InChI=1S/C11H20O4.K.Li.2H/c1-5-6-7-11(8(12)13,9(14)15)10(2,3)4;;;;/h5-7H2,1-4H3,(H,12,13)(H,14,15);;;;/q;2*+1;2*-1. The van der Waals surface area contributed by atoms with Crippen molar-refractivity contribution in [3.63, 3.8) is 0 Å². The summed E-state index contributed by atoms with van der Waals surface area (Å²) in [7, 11) is 0. The fourth-order valence-corrected chi connectivity index (χ4v) is 1.76. The van der Waals surface area contributed by atoms with Crippen LogP contribution in [0.25, 0.3) is 0 Å². The number of aliphatic carboxylic acids is 2. The molecule has 92 valence electrons.